The van der Waals surface area contributed by atoms with Gasteiger partial charge in [-0.15, -0.1) is 0 Å². The van der Waals surface area contributed by atoms with E-state index in [9.17, 15) is 0 Å². The maximum Gasteiger partial charge on any atom is 0.201 e. The van der Waals surface area contributed by atoms with Crippen LogP contribution in [-0.2, 0) is 0 Å². The minimum atomic E-state index is 0.662. The standard InChI is InChI=1S/C3H10BN/c1-3(2)4-5/h3-4H,5H2,1-2H3. The molecule has 0 atom stereocenters. The number of hydrogen-bond donors (Lipinski definition) is 1. The quantitative estimate of drug-likeness (QED) is 0.436. The Morgan fingerprint density at radius 3 is 1.80 bits per heavy atom. The maximum atomic E-state index is 5.17. The van der Waals surface area contributed by atoms with Gasteiger partial charge in [0.05, 0.1) is 0 Å². The van der Waals surface area contributed by atoms with Crippen molar-refractivity contribution in [3.05, 3.63) is 0 Å². The smallest absolute Gasteiger partial charge is 0.201 e. The summed E-state index contributed by atoms with van der Waals surface area (Å²) in [6.45, 7) is 4.19. The minimum Gasteiger partial charge on any atom is -0.373 e. The molecule has 0 spiro atoms. The van der Waals surface area contributed by atoms with Gasteiger partial charge in [0.1, 0.15) is 0 Å². The Hall–Kier alpha value is 0.0249. The van der Waals surface area contributed by atoms with Crippen LogP contribution < -0.4 is 5.64 Å². The largest absolute Gasteiger partial charge is 0.373 e. The fourth-order valence-corrected chi connectivity index (χ4v) is 0. The van der Waals surface area contributed by atoms with Crippen molar-refractivity contribution >= 4 is 7.41 Å². The van der Waals surface area contributed by atoms with Gasteiger partial charge < -0.3 is 5.64 Å². The van der Waals surface area contributed by atoms with Gasteiger partial charge in [0.15, 0.2) is 0 Å². The highest BCUT2D eigenvalue weighted by molar-refractivity contribution is 6.32. The Bertz CT molecular complexity index is 20.9. The molecule has 30 valence electrons. The van der Waals surface area contributed by atoms with Gasteiger partial charge in [-0.3, -0.25) is 0 Å². The van der Waals surface area contributed by atoms with Crippen molar-refractivity contribution in [2.24, 2.45) is 5.64 Å². The van der Waals surface area contributed by atoms with E-state index < -0.39 is 0 Å². The van der Waals surface area contributed by atoms with E-state index >= 15 is 0 Å². The van der Waals surface area contributed by atoms with E-state index in [0.29, 0.717) is 5.82 Å². The molecule has 0 heterocycles. The van der Waals surface area contributed by atoms with Gasteiger partial charge in [0.25, 0.3) is 0 Å². The van der Waals surface area contributed by atoms with Gasteiger partial charge in [-0.05, 0) is 0 Å². The summed E-state index contributed by atoms with van der Waals surface area (Å²) in [7, 11) is 0.806. The molecule has 0 unspecified atom stereocenters. The highest BCUT2D eigenvalue weighted by atomic mass is 14.4. The Morgan fingerprint density at radius 1 is 1.60 bits per heavy atom. The van der Waals surface area contributed by atoms with Gasteiger partial charge in [-0.1, -0.05) is 19.7 Å². The van der Waals surface area contributed by atoms with Crippen molar-refractivity contribution in [2.45, 2.75) is 19.7 Å². The molecule has 5 heavy (non-hydrogen) atoms. The molecule has 0 aromatic rings. The molecule has 2 heteroatoms. The third-order valence-corrected chi connectivity index (χ3v) is 0.471. The lowest BCUT2D eigenvalue weighted by atomic mass is 9.81. The number of hydrogen-bond acceptors (Lipinski definition) is 1. The Labute approximate surface area is 33.8 Å². The van der Waals surface area contributed by atoms with E-state index in [1.54, 1.807) is 0 Å². The summed E-state index contributed by atoms with van der Waals surface area (Å²) in [5.41, 5.74) is 5.17. The zero-order valence-corrected chi connectivity index (χ0v) is 3.86. The molecule has 1 nitrogen and oxygen atoms in total. The average molecular weight is 70.9 g/mol. The second-order valence-electron chi connectivity index (χ2n) is 1.63. The van der Waals surface area contributed by atoms with Crippen LogP contribution in [0.1, 0.15) is 13.8 Å². The molecule has 0 aromatic carbocycles. The SMILES string of the molecule is CC(C)BN. The van der Waals surface area contributed by atoms with E-state index in [1.165, 1.54) is 0 Å². The van der Waals surface area contributed by atoms with Crippen molar-refractivity contribution in [2.75, 3.05) is 0 Å². The van der Waals surface area contributed by atoms with Crippen LogP contribution in [-0.4, -0.2) is 7.41 Å². The third kappa shape index (κ3) is 4.02. The van der Waals surface area contributed by atoms with Crippen molar-refractivity contribution in [1.29, 1.82) is 0 Å². The molecule has 0 bridgehead atoms. The molecule has 0 aliphatic carbocycles. The first-order valence-electron chi connectivity index (χ1n) is 1.97. The first-order chi connectivity index (χ1) is 2.27. The molecule has 2 N–H and O–H groups in total. The Kier molecular flexibility index (Phi) is 2.28. The van der Waals surface area contributed by atoms with Crippen molar-refractivity contribution in [3.8, 4) is 0 Å². The van der Waals surface area contributed by atoms with Crippen LogP contribution in [0.2, 0.25) is 5.82 Å². The van der Waals surface area contributed by atoms with Crippen molar-refractivity contribution < 1.29 is 0 Å². The fourth-order valence-electron chi connectivity index (χ4n) is 0. The van der Waals surface area contributed by atoms with Crippen LogP contribution in [0, 0.1) is 0 Å². The molecule has 0 amide bonds. The van der Waals surface area contributed by atoms with E-state index in [-0.39, 0.29) is 0 Å². The van der Waals surface area contributed by atoms with Crippen LogP contribution >= 0.6 is 0 Å². The molecule has 0 fully saturated rings. The summed E-state index contributed by atoms with van der Waals surface area (Å²) in [6.07, 6.45) is 0. The maximum absolute atomic E-state index is 5.17. The Balaban J connectivity index is 2.54. The van der Waals surface area contributed by atoms with Crippen LogP contribution in [0.4, 0.5) is 0 Å². The first-order valence-corrected chi connectivity index (χ1v) is 1.97. The third-order valence-electron chi connectivity index (χ3n) is 0.471. The fraction of sp³-hybridized carbons (Fsp3) is 1.00. The van der Waals surface area contributed by atoms with Gasteiger partial charge >= 0.3 is 0 Å². The summed E-state index contributed by atoms with van der Waals surface area (Å²) < 4.78 is 0. The number of nitrogens with two attached hydrogens (primary N) is 1. The summed E-state index contributed by atoms with van der Waals surface area (Å²) in [5, 5.41) is 0. The molecule has 0 rings (SSSR count). The summed E-state index contributed by atoms with van der Waals surface area (Å²) in [5.74, 6) is 0.662. The zero-order valence-electron chi connectivity index (χ0n) is 3.86. The minimum absolute atomic E-state index is 0.662. The molecule has 0 aliphatic rings. The molecule has 0 aliphatic heterocycles. The van der Waals surface area contributed by atoms with Crippen molar-refractivity contribution in [1.82, 2.24) is 0 Å². The highest BCUT2D eigenvalue weighted by Gasteiger charge is 1.84. The van der Waals surface area contributed by atoms with Gasteiger partial charge in [-0.25, -0.2) is 0 Å². The van der Waals surface area contributed by atoms with Crippen molar-refractivity contribution in [3.63, 3.8) is 0 Å². The summed E-state index contributed by atoms with van der Waals surface area (Å²) >= 11 is 0. The van der Waals surface area contributed by atoms with E-state index in [0.717, 1.165) is 7.41 Å². The number of rotatable bonds is 1. The predicted octanol–water partition coefficient (Wildman–Crippen LogP) is 0.125. The van der Waals surface area contributed by atoms with Crippen LogP contribution in [0.5, 0.6) is 0 Å². The lowest BCUT2D eigenvalue weighted by molar-refractivity contribution is 1.05. The predicted molar refractivity (Wildman–Crippen MR) is 26.4 cm³/mol. The highest BCUT2D eigenvalue weighted by Crippen LogP contribution is 1.89. The van der Waals surface area contributed by atoms with Crippen LogP contribution in [0.15, 0.2) is 0 Å². The lowest BCUT2D eigenvalue weighted by Gasteiger charge is -1.87. The zero-order chi connectivity index (χ0) is 4.28. The Morgan fingerprint density at radius 2 is 1.80 bits per heavy atom. The molecule has 0 radical (unpaired) electrons. The molecule has 0 saturated carbocycles. The first kappa shape index (κ1) is 5.02. The van der Waals surface area contributed by atoms with Gasteiger partial charge in [-0.2, -0.15) is 0 Å². The molecular formula is C3H10BN. The molecular weight excluding hydrogens is 60.9 g/mol. The van der Waals surface area contributed by atoms with Gasteiger partial charge in [0.2, 0.25) is 7.41 Å². The van der Waals surface area contributed by atoms with Gasteiger partial charge in [0, 0.05) is 0 Å². The van der Waals surface area contributed by atoms with E-state index in [4.69, 9.17) is 5.64 Å². The summed E-state index contributed by atoms with van der Waals surface area (Å²) in [6, 6.07) is 0. The van der Waals surface area contributed by atoms with Crippen LogP contribution in [0.25, 0.3) is 0 Å². The molecule has 0 saturated heterocycles. The van der Waals surface area contributed by atoms with E-state index in [1.807, 2.05) is 0 Å². The second-order valence-corrected chi connectivity index (χ2v) is 1.63. The second kappa shape index (κ2) is 2.27. The lowest BCUT2D eigenvalue weighted by Crippen LogP contribution is -2.06. The normalized spacial score (nSPS) is 8.80. The monoisotopic (exact) mass is 71.1 g/mol. The van der Waals surface area contributed by atoms with E-state index in [2.05, 4.69) is 13.8 Å². The topological polar surface area (TPSA) is 26.0 Å². The summed E-state index contributed by atoms with van der Waals surface area (Å²) in [4.78, 5) is 0. The average Bonchev–Trinajstić information content (AvgIpc) is 1.38. The van der Waals surface area contributed by atoms with Crippen LogP contribution in [0.3, 0.4) is 0 Å². The molecule has 0 aromatic heterocycles.